The fraction of sp³-hybridized carbons (Fsp3) is 0.500. The van der Waals surface area contributed by atoms with Gasteiger partial charge in [0.05, 0.1) is 5.39 Å². The highest BCUT2D eigenvalue weighted by atomic mass is 32.1. The average Bonchev–Trinajstić information content (AvgIpc) is 3.26. The van der Waals surface area contributed by atoms with E-state index in [-0.39, 0.29) is 0 Å². The molecule has 3 aliphatic rings. The molecular formula is C24H28N4S. The summed E-state index contributed by atoms with van der Waals surface area (Å²) in [4.78, 5) is 13.2. The van der Waals surface area contributed by atoms with Crippen molar-refractivity contribution in [1.29, 1.82) is 0 Å². The van der Waals surface area contributed by atoms with Crippen LogP contribution in [-0.2, 0) is 0 Å². The second-order valence-corrected chi connectivity index (χ2v) is 9.92. The van der Waals surface area contributed by atoms with Crippen molar-refractivity contribution in [2.24, 2.45) is 5.92 Å². The Kier molecular flexibility index (Phi) is 4.53. The Labute approximate surface area is 176 Å². The van der Waals surface area contributed by atoms with Crippen molar-refractivity contribution in [2.45, 2.75) is 63.1 Å². The summed E-state index contributed by atoms with van der Waals surface area (Å²) >= 11 is 1.74. The van der Waals surface area contributed by atoms with Gasteiger partial charge in [-0.3, -0.25) is 0 Å². The summed E-state index contributed by atoms with van der Waals surface area (Å²) in [5.41, 5.74) is 2.55. The van der Waals surface area contributed by atoms with Gasteiger partial charge >= 0.3 is 0 Å². The zero-order valence-electron chi connectivity index (χ0n) is 16.8. The predicted molar refractivity (Wildman–Crippen MR) is 121 cm³/mol. The number of aromatic nitrogens is 2. The molecule has 2 aromatic heterocycles. The maximum Gasteiger partial charge on any atom is 0.141 e. The van der Waals surface area contributed by atoms with E-state index in [0.29, 0.717) is 12.1 Å². The zero-order chi connectivity index (χ0) is 19.2. The fourth-order valence-corrected chi connectivity index (χ4v) is 6.54. The van der Waals surface area contributed by atoms with Gasteiger partial charge in [-0.1, -0.05) is 36.8 Å². The molecule has 2 aliphatic heterocycles. The molecule has 3 fully saturated rings. The summed E-state index contributed by atoms with van der Waals surface area (Å²) in [5, 5.41) is 7.34. The molecule has 1 N–H and O–H groups in total. The van der Waals surface area contributed by atoms with Crippen LogP contribution >= 0.6 is 11.3 Å². The van der Waals surface area contributed by atoms with Gasteiger partial charge in [0.25, 0.3) is 0 Å². The number of nitrogens with one attached hydrogen (secondary N) is 1. The number of benzene rings is 1. The third-order valence-corrected chi connectivity index (χ3v) is 8.20. The van der Waals surface area contributed by atoms with Crippen LogP contribution in [0.25, 0.3) is 21.3 Å². The van der Waals surface area contributed by atoms with E-state index in [1.165, 1.54) is 73.8 Å². The Morgan fingerprint density at radius 1 is 1.00 bits per heavy atom. The Balaban J connectivity index is 1.31. The standard InChI is InChI=1S/C24H28N4S/c1-2-5-17(6-3-1)21-14-29-24-22(21)23(26-15-27-24)28-19-9-10-20(28)12-16(11-19)13-25-18-7-4-8-18/h1-3,5-6,14-16,18-20,25H,4,7-13H2. The molecule has 29 heavy (non-hydrogen) atoms. The maximum absolute atomic E-state index is 4.86. The minimum atomic E-state index is 0.628. The van der Waals surface area contributed by atoms with Crippen LogP contribution in [0.4, 0.5) is 5.82 Å². The van der Waals surface area contributed by atoms with E-state index in [4.69, 9.17) is 4.98 Å². The van der Waals surface area contributed by atoms with Crippen LogP contribution in [0.1, 0.15) is 44.9 Å². The number of hydrogen-bond acceptors (Lipinski definition) is 5. The first-order valence-electron chi connectivity index (χ1n) is 11.2. The van der Waals surface area contributed by atoms with Crippen molar-refractivity contribution in [2.75, 3.05) is 11.4 Å². The fourth-order valence-electron chi connectivity index (χ4n) is 5.63. The van der Waals surface area contributed by atoms with E-state index in [9.17, 15) is 0 Å². The van der Waals surface area contributed by atoms with Gasteiger partial charge in [0, 0.05) is 29.1 Å². The highest BCUT2D eigenvalue weighted by Crippen LogP contribution is 2.45. The second-order valence-electron chi connectivity index (χ2n) is 9.06. The van der Waals surface area contributed by atoms with Crippen LogP contribution in [-0.4, -0.2) is 34.6 Å². The van der Waals surface area contributed by atoms with Gasteiger partial charge in [0.15, 0.2) is 0 Å². The molecule has 150 valence electrons. The zero-order valence-corrected chi connectivity index (χ0v) is 17.6. The molecule has 0 radical (unpaired) electrons. The molecule has 1 aromatic carbocycles. The summed E-state index contributed by atoms with van der Waals surface area (Å²) in [6.45, 7) is 1.21. The average molecular weight is 405 g/mol. The first-order chi connectivity index (χ1) is 14.4. The lowest BCUT2D eigenvalue weighted by Gasteiger charge is -2.41. The first-order valence-corrected chi connectivity index (χ1v) is 12.0. The van der Waals surface area contributed by atoms with Crippen LogP contribution in [0.5, 0.6) is 0 Å². The van der Waals surface area contributed by atoms with E-state index in [2.05, 4.69) is 50.9 Å². The highest BCUT2D eigenvalue weighted by molar-refractivity contribution is 7.17. The summed E-state index contributed by atoms with van der Waals surface area (Å²) in [5.74, 6) is 1.99. The summed E-state index contributed by atoms with van der Waals surface area (Å²) in [6.07, 6.45) is 11.2. The Morgan fingerprint density at radius 2 is 1.79 bits per heavy atom. The van der Waals surface area contributed by atoms with Gasteiger partial charge in [-0.25, -0.2) is 9.97 Å². The molecule has 4 heterocycles. The number of thiophene rings is 1. The molecular weight excluding hydrogens is 376 g/mol. The lowest BCUT2D eigenvalue weighted by atomic mass is 9.88. The highest BCUT2D eigenvalue weighted by Gasteiger charge is 2.42. The number of rotatable bonds is 5. The maximum atomic E-state index is 4.86. The summed E-state index contributed by atoms with van der Waals surface area (Å²) < 4.78 is 0. The molecule has 3 aromatic rings. The Bertz CT molecular complexity index is 983. The SMILES string of the molecule is c1ccc(-c2csc3ncnc(N4C5CCC4CC(CNC4CCC4)C5)c23)cc1. The lowest BCUT2D eigenvalue weighted by Crippen LogP contribution is -2.47. The molecule has 1 saturated carbocycles. The number of fused-ring (bicyclic) bond motifs is 3. The van der Waals surface area contributed by atoms with E-state index >= 15 is 0 Å². The van der Waals surface area contributed by atoms with Crippen molar-refractivity contribution in [3.63, 3.8) is 0 Å². The van der Waals surface area contributed by atoms with Crippen molar-refractivity contribution in [3.05, 3.63) is 42.0 Å². The van der Waals surface area contributed by atoms with Crippen molar-refractivity contribution < 1.29 is 0 Å². The van der Waals surface area contributed by atoms with E-state index in [1.54, 1.807) is 17.7 Å². The Hall–Kier alpha value is -1.98. The van der Waals surface area contributed by atoms with Crippen LogP contribution in [0.15, 0.2) is 42.0 Å². The molecule has 4 nitrogen and oxygen atoms in total. The minimum absolute atomic E-state index is 0.628. The van der Waals surface area contributed by atoms with Gasteiger partial charge in [0.1, 0.15) is 17.0 Å². The van der Waals surface area contributed by atoms with Crippen molar-refractivity contribution in [1.82, 2.24) is 15.3 Å². The van der Waals surface area contributed by atoms with Gasteiger partial charge < -0.3 is 10.2 Å². The summed E-state index contributed by atoms with van der Waals surface area (Å²) in [6, 6.07) is 12.8. The monoisotopic (exact) mass is 404 g/mol. The van der Waals surface area contributed by atoms with Crippen molar-refractivity contribution >= 4 is 27.4 Å². The molecule has 0 amide bonds. The first kappa shape index (κ1) is 17.8. The van der Waals surface area contributed by atoms with Crippen LogP contribution in [0.2, 0.25) is 0 Å². The number of hydrogen-bond donors (Lipinski definition) is 1. The molecule has 2 atom stereocenters. The van der Waals surface area contributed by atoms with Crippen LogP contribution in [0, 0.1) is 5.92 Å². The normalized spacial score (nSPS) is 26.8. The molecule has 2 unspecified atom stereocenters. The molecule has 5 heteroatoms. The number of piperidine rings is 1. The van der Waals surface area contributed by atoms with Crippen molar-refractivity contribution in [3.8, 4) is 11.1 Å². The Morgan fingerprint density at radius 3 is 2.52 bits per heavy atom. The minimum Gasteiger partial charge on any atom is -0.350 e. The quantitative estimate of drug-likeness (QED) is 0.631. The molecule has 2 bridgehead atoms. The van der Waals surface area contributed by atoms with E-state index in [0.717, 1.165) is 16.8 Å². The van der Waals surface area contributed by atoms with Gasteiger partial charge in [-0.2, -0.15) is 0 Å². The molecule has 1 aliphatic carbocycles. The van der Waals surface area contributed by atoms with Crippen LogP contribution in [0.3, 0.4) is 0 Å². The van der Waals surface area contributed by atoms with Gasteiger partial charge in [0.2, 0.25) is 0 Å². The summed E-state index contributed by atoms with van der Waals surface area (Å²) in [7, 11) is 0. The molecule has 6 rings (SSSR count). The van der Waals surface area contributed by atoms with Crippen LogP contribution < -0.4 is 10.2 Å². The molecule has 2 saturated heterocycles. The van der Waals surface area contributed by atoms with E-state index in [1.807, 2.05) is 0 Å². The number of nitrogens with zero attached hydrogens (tertiary/aromatic N) is 3. The lowest BCUT2D eigenvalue weighted by molar-refractivity contribution is 0.274. The largest absolute Gasteiger partial charge is 0.350 e. The number of anilines is 1. The smallest absolute Gasteiger partial charge is 0.141 e. The molecule has 0 spiro atoms. The predicted octanol–water partition coefficient (Wildman–Crippen LogP) is 5.25. The third kappa shape index (κ3) is 3.15. The third-order valence-electron chi connectivity index (χ3n) is 7.31. The topological polar surface area (TPSA) is 41.1 Å². The van der Waals surface area contributed by atoms with Gasteiger partial charge in [-0.15, -0.1) is 11.3 Å². The van der Waals surface area contributed by atoms with Gasteiger partial charge in [-0.05, 0) is 56.6 Å². The van der Waals surface area contributed by atoms with E-state index < -0.39 is 0 Å². The second kappa shape index (κ2) is 7.37.